The van der Waals surface area contributed by atoms with Gasteiger partial charge >= 0.3 is 0 Å². The van der Waals surface area contributed by atoms with Crippen molar-refractivity contribution in [3.05, 3.63) is 35.4 Å². The molecular weight excluding hydrogens is 206 g/mol. The molecule has 0 saturated carbocycles. The summed E-state index contributed by atoms with van der Waals surface area (Å²) in [5, 5.41) is 0. The van der Waals surface area contributed by atoms with Gasteiger partial charge in [-0.15, -0.1) is 0 Å². The van der Waals surface area contributed by atoms with E-state index in [0.717, 1.165) is 11.3 Å². The Kier molecular flexibility index (Phi) is 11.8. The maximum atomic E-state index is 4.34. The van der Waals surface area contributed by atoms with E-state index < -0.39 is 0 Å². The fraction of sp³-hybridized carbons (Fsp3) is 0.438. The van der Waals surface area contributed by atoms with E-state index in [9.17, 15) is 0 Å². The Morgan fingerprint density at radius 3 is 1.88 bits per heavy atom. The van der Waals surface area contributed by atoms with Gasteiger partial charge in [-0.25, -0.2) is 0 Å². The van der Waals surface area contributed by atoms with Crippen molar-refractivity contribution >= 4 is 18.0 Å². The van der Waals surface area contributed by atoms with Gasteiger partial charge in [0, 0.05) is 11.8 Å². The van der Waals surface area contributed by atoms with Crippen LogP contribution in [0.4, 0.5) is 5.69 Å². The average Bonchev–Trinajstić information content (AvgIpc) is 2.39. The molecule has 0 spiro atoms. The van der Waals surface area contributed by atoms with Crippen LogP contribution in [-0.2, 0) is 0 Å². The lowest BCUT2D eigenvalue weighted by molar-refractivity contribution is 1.33. The molecule has 0 N–H and O–H groups in total. The van der Waals surface area contributed by atoms with Gasteiger partial charge in [0.1, 0.15) is 0 Å². The van der Waals surface area contributed by atoms with Crippen LogP contribution >= 0.6 is 0 Å². The first-order chi connectivity index (χ1) is 8.20. The van der Waals surface area contributed by atoms with Crippen LogP contribution in [0.1, 0.15) is 51.3 Å². The second-order valence-electron chi connectivity index (χ2n) is 3.05. The first kappa shape index (κ1) is 18.0. The zero-order valence-electron chi connectivity index (χ0n) is 12.5. The second-order valence-corrected chi connectivity index (χ2v) is 3.05. The van der Waals surface area contributed by atoms with Crippen molar-refractivity contribution < 1.29 is 0 Å². The summed E-state index contributed by atoms with van der Waals surface area (Å²) in [6.07, 6.45) is 3.68. The molecule has 1 aromatic carbocycles. The molecule has 0 amide bonds. The Balaban J connectivity index is 0. The SMILES string of the molecule is C=Cc1c(C)ccc(C)c1N=CC.CC.CC. The number of rotatable bonds is 2. The van der Waals surface area contributed by atoms with E-state index in [-0.39, 0.29) is 0 Å². The Bertz CT molecular complexity index is 349. The van der Waals surface area contributed by atoms with E-state index in [4.69, 9.17) is 0 Å². The second kappa shape index (κ2) is 11.1. The van der Waals surface area contributed by atoms with Crippen LogP contribution in [0.25, 0.3) is 6.08 Å². The molecule has 0 unspecified atom stereocenters. The molecule has 96 valence electrons. The monoisotopic (exact) mass is 233 g/mol. The van der Waals surface area contributed by atoms with Crippen molar-refractivity contribution in [1.29, 1.82) is 0 Å². The summed E-state index contributed by atoms with van der Waals surface area (Å²) in [5.41, 5.74) is 4.59. The smallest absolute Gasteiger partial charge is 0.0729 e. The molecule has 0 aromatic heterocycles. The first-order valence-corrected chi connectivity index (χ1v) is 6.42. The normalized spacial score (nSPS) is 8.88. The number of nitrogens with zero attached hydrogens (tertiary/aromatic N) is 1. The lowest BCUT2D eigenvalue weighted by Gasteiger charge is -2.07. The molecule has 0 atom stereocenters. The maximum Gasteiger partial charge on any atom is 0.0729 e. The van der Waals surface area contributed by atoms with Crippen LogP contribution in [0.5, 0.6) is 0 Å². The summed E-state index contributed by atoms with van der Waals surface area (Å²) in [4.78, 5) is 4.34. The van der Waals surface area contributed by atoms with Crippen molar-refractivity contribution in [1.82, 2.24) is 0 Å². The van der Waals surface area contributed by atoms with Gasteiger partial charge in [0.2, 0.25) is 0 Å². The van der Waals surface area contributed by atoms with Gasteiger partial charge in [-0.1, -0.05) is 52.5 Å². The van der Waals surface area contributed by atoms with Gasteiger partial charge in [0.25, 0.3) is 0 Å². The highest BCUT2D eigenvalue weighted by molar-refractivity contribution is 5.73. The van der Waals surface area contributed by atoms with Crippen molar-refractivity contribution in [3.8, 4) is 0 Å². The predicted molar refractivity (Wildman–Crippen MR) is 82.5 cm³/mol. The van der Waals surface area contributed by atoms with Gasteiger partial charge < -0.3 is 0 Å². The molecule has 1 aromatic rings. The van der Waals surface area contributed by atoms with E-state index in [1.807, 2.05) is 46.9 Å². The van der Waals surface area contributed by atoms with Gasteiger partial charge in [-0.3, -0.25) is 4.99 Å². The summed E-state index contributed by atoms with van der Waals surface area (Å²) in [5.74, 6) is 0. The molecule has 0 bridgehead atoms. The zero-order chi connectivity index (χ0) is 13.8. The fourth-order valence-corrected chi connectivity index (χ4v) is 1.38. The minimum atomic E-state index is 1.04. The van der Waals surface area contributed by atoms with E-state index in [0.29, 0.717) is 0 Å². The molecule has 0 heterocycles. The van der Waals surface area contributed by atoms with Gasteiger partial charge in [0.05, 0.1) is 5.69 Å². The van der Waals surface area contributed by atoms with Crippen molar-refractivity contribution in [3.63, 3.8) is 0 Å². The Morgan fingerprint density at radius 1 is 1.00 bits per heavy atom. The largest absolute Gasteiger partial charge is 0.261 e. The standard InChI is InChI=1S/C12H15N.2C2H6/c1-5-11-9(3)7-8-10(4)12(11)13-6-2;2*1-2/h5-8H,1H2,2-4H3;2*1-2H3. The highest BCUT2D eigenvalue weighted by atomic mass is 14.7. The quantitative estimate of drug-likeness (QED) is 0.579. The molecule has 1 rings (SSSR count). The van der Waals surface area contributed by atoms with Crippen LogP contribution < -0.4 is 0 Å². The molecule has 0 aliphatic heterocycles. The van der Waals surface area contributed by atoms with Crippen LogP contribution in [0, 0.1) is 13.8 Å². The summed E-state index contributed by atoms with van der Waals surface area (Å²) in [6.45, 7) is 17.9. The predicted octanol–water partition coefficient (Wildman–Crippen LogP) is 5.72. The minimum Gasteiger partial charge on any atom is -0.261 e. The van der Waals surface area contributed by atoms with Crippen LogP contribution in [0.3, 0.4) is 0 Å². The molecular formula is C16H27N. The molecule has 0 aliphatic carbocycles. The Hall–Kier alpha value is -1.37. The van der Waals surface area contributed by atoms with Crippen LogP contribution in [0.15, 0.2) is 23.7 Å². The van der Waals surface area contributed by atoms with Crippen LogP contribution in [-0.4, -0.2) is 6.21 Å². The molecule has 17 heavy (non-hydrogen) atoms. The van der Waals surface area contributed by atoms with Crippen molar-refractivity contribution in [2.45, 2.75) is 48.5 Å². The number of aliphatic imine (C=N–C) groups is 1. The third-order valence-electron chi connectivity index (χ3n) is 2.10. The van der Waals surface area contributed by atoms with Crippen molar-refractivity contribution in [2.24, 2.45) is 4.99 Å². The summed E-state index contributed by atoms with van der Waals surface area (Å²) in [7, 11) is 0. The number of aryl methyl sites for hydroxylation is 2. The first-order valence-electron chi connectivity index (χ1n) is 6.42. The van der Waals surface area contributed by atoms with Gasteiger partial charge in [0.15, 0.2) is 0 Å². The fourth-order valence-electron chi connectivity index (χ4n) is 1.38. The number of hydrogen-bond donors (Lipinski definition) is 0. The number of hydrogen-bond acceptors (Lipinski definition) is 1. The average molecular weight is 233 g/mol. The topological polar surface area (TPSA) is 12.4 Å². The highest BCUT2D eigenvalue weighted by Gasteiger charge is 2.03. The third kappa shape index (κ3) is 5.48. The lowest BCUT2D eigenvalue weighted by atomic mass is 10.0. The third-order valence-corrected chi connectivity index (χ3v) is 2.10. The van der Waals surface area contributed by atoms with E-state index >= 15 is 0 Å². The molecule has 1 nitrogen and oxygen atoms in total. The number of benzene rings is 1. The van der Waals surface area contributed by atoms with Gasteiger partial charge in [-0.2, -0.15) is 0 Å². The molecule has 0 radical (unpaired) electrons. The summed E-state index contributed by atoms with van der Waals surface area (Å²) < 4.78 is 0. The van der Waals surface area contributed by atoms with E-state index in [1.165, 1.54) is 11.1 Å². The van der Waals surface area contributed by atoms with Crippen LogP contribution in [0.2, 0.25) is 0 Å². The van der Waals surface area contributed by atoms with Crippen molar-refractivity contribution in [2.75, 3.05) is 0 Å². The minimum absolute atomic E-state index is 1.04. The molecule has 1 heteroatoms. The van der Waals surface area contributed by atoms with E-state index in [1.54, 1.807) is 0 Å². The van der Waals surface area contributed by atoms with E-state index in [2.05, 4.69) is 37.6 Å². The molecule has 0 saturated heterocycles. The highest BCUT2D eigenvalue weighted by Crippen LogP contribution is 2.27. The summed E-state index contributed by atoms with van der Waals surface area (Å²) in [6, 6.07) is 4.19. The summed E-state index contributed by atoms with van der Waals surface area (Å²) >= 11 is 0. The molecule has 0 aliphatic rings. The zero-order valence-corrected chi connectivity index (χ0v) is 12.5. The Morgan fingerprint density at radius 2 is 1.47 bits per heavy atom. The maximum absolute atomic E-state index is 4.34. The lowest BCUT2D eigenvalue weighted by Crippen LogP contribution is -1.85. The Labute approximate surface area is 107 Å². The van der Waals surface area contributed by atoms with Gasteiger partial charge in [-0.05, 0) is 31.9 Å². The molecule has 0 fully saturated rings.